The second-order valence-electron chi connectivity index (χ2n) is 4.89. The Morgan fingerprint density at radius 2 is 2.20 bits per heavy atom. The third kappa shape index (κ3) is 3.61. The first-order valence-electron chi connectivity index (χ1n) is 6.28. The van der Waals surface area contributed by atoms with Crippen LogP contribution in [0.5, 0.6) is 0 Å². The molecule has 2 aliphatic heterocycles. The van der Waals surface area contributed by atoms with Crippen molar-refractivity contribution in [2.45, 2.75) is 38.2 Å². The molecule has 3 heteroatoms. The molecule has 0 radical (unpaired) electrons. The molecule has 0 amide bonds. The molecule has 0 saturated carbocycles. The SMILES string of the molecule is ClCC1CCCN(CCC2CCCO2)C1. The summed E-state index contributed by atoms with van der Waals surface area (Å²) in [5.74, 6) is 1.56. The fraction of sp³-hybridized carbons (Fsp3) is 1.00. The zero-order valence-corrected chi connectivity index (χ0v) is 10.2. The standard InChI is InChI=1S/C12H22ClNO/c13-9-11-3-1-6-14(10-11)7-5-12-4-2-8-15-12/h11-12H,1-10H2. The molecule has 2 rings (SSSR count). The van der Waals surface area contributed by atoms with Crippen molar-refractivity contribution < 1.29 is 4.74 Å². The summed E-state index contributed by atoms with van der Waals surface area (Å²) in [7, 11) is 0. The highest BCUT2D eigenvalue weighted by atomic mass is 35.5. The summed E-state index contributed by atoms with van der Waals surface area (Å²) >= 11 is 5.92. The number of hydrogen-bond acceptors (Lipinski definition) is 2. The quantitative estimate of drug-likeness (QED) is 0.690. The molecule has 2 saturated heterocycles. The topological polar surface area (TPSA) is 12.5 Å². The summed E-state index contributed by atoms with van der Waals surface area (Å²) in [6.07, 6.45) is 6.93. The summed E-state index contributed by atoms with van der Waals surface area (Å²) in [5.41, 5.74) is 0. The van der Waals surface area contributed by atoms with E-state index in [1.807, 2.05) is 0 Å². The van der Waals surface area contributed by atoms with Crippen molar-refractivity contribution in [2.24, 2.45) is 5.92 Å². The van der Waals surface area contributed by atoms with E-state index in [1.54, 1.807) is 0 Å². The summed E-state index contributed by atoms with van der Waals surface area (Å²) < 4.78 is 5.64. The normalized spacial score (nSPS) is 33.4. The fourth-order valence-corrected chi connectivity index (χ4v) is 2.93. The van der Waals surface area contributed by atoms with E-state index in [0.29, 0.717) is 6.10 Å². The molecule has 2 nitrogen and oxygen atoms in total. The number of hydrogen-bond donors (Lipinski definition) is 0. The number of ether oxygens (including phenoxy) is 1. The Morgan fingerprint density at radius 1 is 1.27 bits per heavy atom. The maximum absolute atomic E-state index is 5.92. The van der Waals surface area contributed by atoms with Crippen LogP contribution in [0, 0.1) is 5.92 Å². The van der Waals surface area contributed by atoms with Gasteiger partial charge < -0.3 is 9.64 Å². The molecule has 2 unspecified atom stereocenters. The van der Waals surface area contributed by atoms with Crippen LogP contribution in [0.1, 0.15) is 32.1 Å². The zero-order valence-electron chi connectivity index (χ0n) is 9.46. The Hall–Kier alpha value is 0.210. The highest BCUT2D eigenvalue weighted by Crippen LogP contribution is 2.20. The number of halogens is 1. The van der Waals surface area contributed by atoms with Crippen LogP contribution in [0.25, 0.3) is 0 Å². The lowest BCUT2D eigenvalue weighted by Gasteiger charge is -2.32. The maximum atomic E-state index is 5.92. The van der Waals surface area contributed by atoms with Crippen LogP contribution in [0.15, 0.2) is 0 Å². The molecular weight excluding hydrogens is 210 g/mol. The van der Waals surface area contributed by atoms with Crippen LogP contribution in [-0.4, -0.2) is 43.1 Å². The first-order valence-corrected chi connectivity index (χ1v) is 6.82. The van der Waals surface area contributed by atoms with E-state index >= 15 is 0 Å². The van der Waals surface area contributed by atoms with Gasteiger partial charge in [0, 0.05) is 25.6 Å². The van der Waals surface area contributed by atoms with Crippen LogP contribution in [0.2, 0.25) is 0 Å². The van der Waals surface area contributed by atoms with E-state index < -0.39 is 0 Å². The summed E-state index contributed by atoms with van der Waals surface area (Å²) in [5, 5.41) is 0. The smallest absolute Gasteiger partial charge is 0.0588 e. The molecule has 0 aromatic rings. The molecule has 0 bridgehead atoms. The maximum Gasteiger partial charge on any atom is 0.0588 e. The van der Waals surface area contributed by atoms with Gasteiger partial charge in [-0.25, -0.2) is 0 Å². The van der Waals surface area contributed by atoms with Crippen LogP contribution in [0.4, 0.5) is 0 Å². The second-order valence-corrected chi connectivity index (χ2v) is 5.20. The van der Waals surface area contributed by atoms with Crippen LogP contribution in [0.3, 0.4) is 0 Å². The van der Waals surface area contributed by atoms with Crippen LogP contribution >= 0.6 is 11.6 Å². The van der Waals surface area contributed by atoms with Gasteiger partial charge in [0.05, 0.1) is 6.10 Å². The van der Waals surface area contributed by atoms with Crippen molar-refractivity contribution in [2.75, 3.05) is 32.1 Å². The lowest BCUT2D eigenvalue weighted by molar-refractivity contribution is 0.0845. The van der Waals surface area contributed by atoms with E-state index in [0.717, 1.165) is 18.4 Å². The average molecular weight is 232 g/mol. The molecule has 0 aromatic heterocycles. The predicted molar refractivity (Wildman–Crippen MR) is 63.5 cm³/mol. The highest BCUT2D eigenvalue weighted by Gasteiger charge is 2.21. The van der Waals surface area contributed by atoms with Gasteiger partial charge in [-0.3, -0.25) is 0 Å². The van der Waals surface area contributed by atoms with Gasteiger partial charge in [0.25, 0.3) is 0 Å². The van der Waals surface area contributed by atoms with Crippen molar-refractivity contribution in [3.05, 3.63) is 0 Å². The van der Waals surface area contributed by atoms with Gasteiger partial charge in [0.1, 0.15) is 0 Å². The van der Waals surface area contributed by atoms with E-state index in [4.69, 9.17) is 16.3 Å². The number of rotatable bonds is 4. The van der Waals surface area contributed by atoms with Gasteiger partial charge in [-0.15, -0.1) is 11.6 Å². The molecule has 15 heavy (non-hydrogen) atoms. The second kappa shape index (κ2) is 6.07. The van der Waals surface area contributed by atoms with Crippen molar-refractivity contribution in [1.29, 1.82) is 0 Å². The molecule has 0 N–H and O–H groups in total. The third-order valence-electron chi connectivity index (χ3n) is 3.61. The van der Waals surface area contributed by atoms with Crippen LogP contribution in [-0.2, 0) is 4.74 Å². The van der Waals surface area contributed by atoms with Crippen molar-refractivity contribution in [1.82, 2.24) is 4.90 Å². The largest absolute Gasteiger partial charge is 0.378 e. The minimum absolute atomic E-state index is 0.543. The summed E-state index contributed by atoms with van der Waals surface area (Å²) in [4.78, 5) is 2.57. The molecule has 0 aromatic carbocycles. The minimum Gasteiger partial charge on any atom is -0.378 e. The predicted octanol–water partition coefficient (Wildman–Crippen LogP) is 2.51. The number of piperidine rings is 1. The minimum atomic E-state index is 0.543. The first-order chi connectivity index (χ1) is 7.38. The summed E-state index contributed by atoms with van der Waals surface area (Å²) in [6, 6.07) is 0. The van der Waals surface area contributed by atoms with Crippen molar-refractivity contribution in [3.8, 4) is 0 Å². The van der Waals surface area contributed by atoms with Gasteiger partial charge in [-0.2, -0.15) is 0 Å². The van der Waals surface area contributed by atoms with Gasteiger partial charge in [0.15, 0.2) is 0 Å². The fourth-order valence-electron chi connectivity index (χ4n) is 2.68. The molecule has 88 valence electrons. The Kier molecular flexibility index (Phi) is 4.73. The Morgan fingerprint density at radius 3 is 2.93 bits per heavy atom. The number of likely N-dealkylation sites (tertiary alicyclic amines) is 1. The lowest BCUT2D eigenvalue weighted by atomic mass is 9.99. The van der Waals surface area contributed by atoms with Gasteiger partial charge in [-0.05, 0) is 44.6 Å². The molecule has 0 spiro atoms. The first kappa shape index (κ1) is 11.7. The van der Waals surface area contributed by atoms with E-state index in [2.05, 4.69) is 4.90 Å². The van der Waals surface area contributed by atoms with Gasteiger partial charge >= 0.3 is 0 Å². The lowest BCUT2D eigenvalue weighted by Crippen LogP contribution is -2.37. The van der Waals surface area contributed by atoms with Gasteiger partial charge in [0.2, 0.25) is 0 Å². The molecule has 2 fully saturated rings. The van der Waals surface area contributed by atoms with E-state index in [-0.39, 0.29) is 0 Å². The Balaban J connectivity index is 1.65. The van der Waals surface area contributed by atoms with Crippen LogP contribution < -0.4 is 0 Å². The molecule has 0 aliphatic carbocycles. The number of nitrogens with zero attached hydrogens (tertiary/aromatic N) is 1. The summed E-state index contributed by atoms with van der Waals surface area (Å²) in [6.45, 7) is 4.66. The Labute approximate surface area is 97.9 Å². The number of alkyl halides is 1. The highest BCUT2D eigenvalue weighted by molar-refractivity contribution is 6.18. The van der Waals surface area contributed by atoms with E-state index in [9.17, 15) is 0 Å². The monoisotopic (exact) mass is 231 g/mol. The van der Waals surface area contributed by atoms with Crippen molar-refractivity contribution in [3.63, 3.8) is 0 Å². The van der Waals surface area contributed by atoms with Crippen molar-refractivity contribution >= 4 is 11.6 Å². The van der Waals surface area contributed by atoms with E-state index in [1.165, 1.54) is 51.7 Å². The van der Waals surface area contributed by atoms with Gasteiger partial charge in [-0.1, -0.05) is 0 Å². The molecule has 2 aliphatic rings. The third-order valence-corrected chi connectivity index (χ3v) is 4.05. The average Bonchev–Trinajstić information content (AvgIpc) is 2.79. The molecule has 2 atom stereocenters. The Bertz CT molecular complexity index is 182. The zero-order chi connectivity index (χ0) is 10.5. The molecular formula is C12H22ClNO. The molecule has 2 heterocycles.